The van der Waals surface area contributed by atoms with Crippen LogP contribution < -0.4 is 5.32 Å². The molecule has 6 nitrogen and oxygen atoms in total. The molecular formula is C17H33IN6. The normalized spacial score (nSPS) is 11.0. The van der Waals surface area contributed by atoms with E-state index in [0.717, 1.165) is 51.4 Å². The summed E-state index contributed by atoms with van der Waals surface area (Å²) in [4.78, 5) is 6.96. The van der Waals surface area contributed by atoms with Crippen molar-refractivity contribution >= 4 is 29.9 Å². The van der Waals surface area contributed by atoms with E-state index in [0.29, 0.717) is 0 Å². The molecular weight excluding hydrogens is 415 g/mol. The Hall–Kier alpha value is -1.12. The number of unbranched alkanes of at least 4 members (excludes halogenated alkanes) is 4. The predicted octanol–water partition coefficient (Wildman–Crippen LogP) is 3.32. The van der Waals surface area contributed by atoms with Crippen molar-refractivity contribution in [3.63, 3.8) is 0 Å². The van der Waals surface area contributed by atoms with Crippen LogP contribution in [-0.2, 0) is 6.54 Å². The topological polar surface area (TPSA) is 58.3 Å². The van der Waals surface area contributed by atoms with Gasteiger partial charge in [-0.2, -0.15) is 0 Å². The quantitative estimate of drug-likeness (QED) is 0.175. The first-order valence-electron chi connectivity index (χ1n) is 8.70. The predicted molar refractivity (Wildman–Crippen MR) is 112 cm³/mol. The lowest BCUT2D eigenvalue weighted by molar-refractivity contribution is 0.454. The third-order valence-electron chi connectivity index (χ3n) is 3.65. The Balaban J connectivity index is 0.00000529. The van der Waals surface area contributed by atoms with Crippen LogP contribution in [0, 0.1) is 0 Å². The lowest BCUT2D eigenvalue weighted by atomic mass is 10.2. The number of aliphatic imine (C=N–C) groups is 1. The number of hydrogen-bond acceptors (Lipinski definition) is 3. The lowest BCUT2D eigenvalue weighted by Crippen LogP contribution is -2.39. The molecule has 7 heteroatoms. The van der Waals surface area contributed by atoms with Gasteiger partial charge < -0.3 is 14.8 Å². The standard InChI is InChI=1S/C17H32N6.HI/c1-4-6-7-8-10-13-22(3)17(18-5-2)19-12-9-11-14-23-15-20-21-16-23;/h4,15-16H,1,5-14H2,2-3H3,(H,18,19);1H. The van der Waals surface area contributed by atoms with E-state index in [1.165, 1.54) is 19.3 Å². The maximum absolute atomic E-state index is 4.72. The minimum absolute atomic E-state index is 0. The highest BCUT2D eigenvalue weighted by Gasteiger charge is 2.04. The van der Waals surface area contributed by atoms with E-state index < -0.39 is 0 Å². The summed E-state index contributed by atoms with van der Waals surface area (Å²) in [5.74, 6) is 1.01. The van der Waals surface area contributed by atoms with Crippen LogP contribution in [0.2, 0.25) is 0 Å². The van der Waals surface area contributed by atoms with Crippen molar-refractivity contribution in [2.45, 2.75) is 52.0 Å². The molecule has 1 aromatic heterocycles. The summed E-state index contributed by atoms with van der Waals surface area (Å²) in [6.07, 6.45) is 12.5. The van der Waals surface area contributed by atoms with Gasteiger partial charge in [0, 0.05) is 33.2 Å². The molecule has 0 aliphatic heterocycles. The van der Waals surface area contributed by atoms with Crippen molar-refractivity contribution in [1.29, 1.82) is 0 Å². The second kappa shape index (κ2) is 15.4. The molecule has 0 aliphatic carbocycles. The Morgan fingerprint density at radius 3 is 2.62 bits per heavy atom. The van der Waals surface area contributed by atoms with E-state index in [4.69, 9.17) is 4.99 Å². The first-order chi connectivity index (χ1) is 11.3. The van der Waals surface area contributed by atoms with Gasteiger partial charge in [0.05, 0.1) is 0 Å². The number of nitrogens with one attached hydrogen (secondary N) is 1. The highest BCUT2D eigenvalue weighted by atomic mass is 127. The molecule has 1 aromatic rings. The SMILES string of the molecule is C=CCCCCCN(C)C(=NCCCCn1cnnc1)NCC.I. The summed E-state index contributed by atoms with van der Waals surface area (Å²) in [5, 5.41) is 11.0. The summed E-state index contributed by atoms with van der Waals surface area (Å²) in [6.45, 7) is 9.63. The first kappa shape index (κ1) is 22.9. The number of aryl methyl sites for hydroxylation is 1. The van der Waals surface area contributed by atoms with Crippen molar-refractivity contribution in [2.75, 3.05) is 26.7 Å². The molecule has 138 valence electrons. The highest BCUT2D eigenvalue weighted by Crippen LogP contribution is 2.02. The van der Waals surface area contributed by atoms with Gasteiger partial charge in [-0.25, -0.2) is 0 Å². The molecule has 0 saturated carbocycles. The van der Waals surface area contributed by atoms with Crippen LogP contribution in [0.15, 0.2) is 30.3 Å². The fourth-order valence-electron chi connectivity index (χ4n) is 2.32. The van der Waals surface area contributed by atoms with Crippen molar-refractivity contribution in [3.8, 4) is 0 Å². The zero-order valence-corrected chi connectivity index (χ0v) is 17.5. The number of aromatic nitrogens is 3. The van der Waals surface area contributed by atoms with Gasteiger partial charge in [0.15, 0.2) is 5.96 Å². The number of rotatable bonds is 12. The van der Waals surface area contributed by atoms with Gasteiger partial charge in [0.25, 0.3) is 0 Å². The van der Waals surface area contributed by atoms with Crippen molar-refractivity contribution in [2.24, 2.45) is 4.99 Å². The minimum Gasteiger partial charge on any atom is -0.357 e. The van der Waals surface area contributed by atoms with Crippen LogP contribution in [0.1, 0.15) is 45.4 Å². The highest BCUT2D eigenvalue weighted by molar-refractivity contribution is 14.0. The van der Waals surface area contributed by atoms with Gasteiger partial charge in [-0.1, -0.05) is 12.5 Å². The fourth-order valence-corrected chi connectivity index (χ4v) is 2.32. The van der Waals surface area contributed by atoms with Crippen molar-refractivity contribution in [1.82, 2.24) is 25.0 Å². The molecule has 0 aromatic carbocycles. The maximum atomic E-state index is 4.72. The van der Waals surface area contributed by atoms with E-state index in [-0.39, 0.29) is 24.0 Å². The van der Waals surface area contributed by atoms with Crippen LogP contribution in [0.25, 0.3) is 0 Å². The number of allylic oxidation sites excluding steroid dienone is 1. The average molecular weight is 448 g/mol. The maximum Gasteiger partial charge on any atom is 0.193 e. The fraction of sp³-hybridized carbons (Fsp3) is 0.706. The third-order valence-corrected chi connectivity index (χ3v) is 3.65. The van der Waals surface area contributed by atoms with Crippen LogP contribution in [0.4, 0.5) is 0 Å². The Morgan fingerprint density at radius 1 is 1.21 bits per heavy atom. The molecule has 0 unspecified atom stereocenters. The minimum atomic E-state index is 0. The van der Waals surface area contributed by atoms with E-state index in [2.05, 4.69) is 41.0 Å². The molecule has 0 spiro atoms. The lowest BCUT2D eigenvalue weighted by Gasteiger charge is -2.22. The average Bonchev–Trinajstić information content (AvgIpc) is 3.06. The van der Waals surface area contributed by atoms with Crippen molar-refractivity contribution < 1.29 is 0 Å². The molecule has 0 aliphatic rings. The molecule has 0 saturated heterocycles. The van der Waals surface area contributed by atoms with Gasteiger partial charge in [-0.3, -0.25) is 4.99 Å². The van der Waals surface area contributed by atoms with Crippen molar-refractivity contribution in [3.05, 3.63) is 25.3 Å². The summed E-state index contributed by atoms with van der Waals surface area (Å²) < 4.78 is 2.00. The number of halogens is 1. The van der Waals surface area contributed by atoms with Gasteiger partial charge >= 0.3 is 0 Å². The van der Waals surface area contributed by atoms with E-state index >= 15 is 0 Å². The molecule has 0 fully saturated rings. The van der Waals surface area contributed by atoms with Crippen LogP contribution in [-0.4, -0.2) is 52.3 Å². The molecule has 1 N–H and O–H groups in total. The second-order valence-electron chi connectivity index (χ2n) is 5.70. The smallest absolute Gasteiger partial charge is 0.193 e. The zero-order chi connectivity index (χ0) is 16.8. The van der Waals surface area contributed by atoms with Gasteiger partial charge in [0.2, 0.25) is 0 Å². The summed E-state index contributed by atoms with van der Waals surface area (Å²) in [7, 11) is 2.12. The summed E-state index contributed by atoms with van der Waals surface area (Å²) >= 11 is 0. The summed E-state index contributed by atoms with van der Waals surface area (Å²) in [5.41, 5.74) is 0. The molecule has 0 radical (unpaired) electrons. The second-order valence-corrected chi connectivity index (χ2v) is 5.70. The van der Waals surface area contributed by atoms with E-state index in [9.17, 15) is 0 Å². The van der Waals surface area contributed by atoms with Gasteiger partial charge in [-0.15, -0.1) is 40.8 Å². The number of nitrogens with zero attached hydrogens (tertiary/aromatic N) is 5. The number of guanidine groups is 1. The largest absolute Gasteiger partial charge is 0.357 e. The van der Waals surface area contributed by atoms with Crippen LogP contribution in [0.5, 0.6) is 0 Å². The van der Waals surface area contributed by atoms with Gasteiger partial charge in [-0.05, 0) is 39.0 Å². The molecule has 0 bridgehead atoms. The zero-order valence-electron chi connectivity index (χ0n) is 15.2. The van der Waals surface area contributed by atoms with Gasteiger partial charge in [0.1, 0.15) is 12.7 Å². The van der Waals surface area contributed by atoms with Crippen LogP contribution in [0.3, 0.4) is 0 Å². The Bertz CT molecular complexity index is 432. The molecule has 24 heavy (non-hydrogen) atoms. The van der Waals surface area contributed by atoms with Crippen LogP contribution >= 0.6 is 24.0 Å². The third kappa shape index (κ3) is 10.6. The molecule has 0 atom stereocenters. The molecule has 1 rings (SSSR count). The monoisotopic (exact) mass is 448 g/mol. The Kier molecular flexibility index (Phi) is 14.7. The Labute approximate surface area is 163 Å². The summed E-state index contributed by atoms with van der Waals surface area (Å²) in [6, 6.07) is 0. The van der Waals surface area contributed by atoms with E-state index in [1.54, 1.807) is 12.7 Å². The molecule has 0 amide bonds. The first-order valence-corrected chi connectivity index (χ1v) is 8.70. The molecule has 1 heterocycles. The number of hydrogen-bond donors (Lipinski definition) is 1. The van der Waals surface area contributed by atoms with E-state index in [1.807, 2.05) is 10.6 Å². The Morgan fingerprint density at radius 2 is 1.96 bits per heavy atom.